The number of carbonyl (C=O) groups is 2. The predicted molar refractivity (Wildman–Crippen MR) is 130 cm³/mol. The fourth-order valence-electron chi connectivity index (χ4n) is 3.54. The number of rotatable bonds is 10. The highest BCUT2D eigenvalue weighted by molar-refractivity contribution is 5.93. The Labute approximate surface area is 199 Å². The molecule has 0 aromatic rings. The van der Waals surface area contributed by atoms with Gasteiger partial charge in [0.25, 0.3) is 0 Å². The van der Waals surface area contributed by atoms with Gasteiger partial charge in [-0.15, -0.1) is 0 Å². The summed E-state index contributed by atoms with van der Waals surface area (Å²) >= 11 is 0. The van der Waals surface area contributed by atoms with Gasteiger partial charge in [-0.25, -0.2) is 4.79 Å². The van der Waals surface area contributed by atoms with Gasteiger partial charge in [0.1, 0.15) is 11.6 Å². The standard InChI is InChI=1S/C14H21NO2.C13H19NO2/c1-5-17-12(16)14(10-15)9-13(14,4)8-6-7-11(2)3;1-5-16-13(15)12(9-14)11(4)8-6-7-10(2)3/h7H,5-6,8-9H2,1-4H3;7H,5-6,8H2,1-4H3/b;12-11-. The normalized spacial score (nSPS) is 21.0. The molecule has 1 saturated carbocycles. The summed E-state index contributed by atoms with van der Waals surface area (Å²) in [5.41, 5.74) is 2.34. The number of esters is 2. The molecular formula is C27H40N2O4. The summed E-state index contributed by atoms with van der Waals surface area (Å²) in [5.74, 6) is -0.859. The molecular weight excluding hydrogens is 416 g/mol. The fraction of sp³-hybridized carbons (Fsp3) is 0.630. The molecule has 0 amide bonds. The molecule has 0 N–H and O–H groups in total. The van der Waals surface area contributed by atoms with Gasteiger partial charge in [0.05, 0.1) is 19.3 Å². The summed E-state index contributed by atoms with van der Waals surface area (Å²) in [6.45, 7) is 16.1. The second-order valence-electron chi connectivity index (χ2n) is 9.10. The summed E-state index contributed by atoms with van der Waals surface area (Å²) < 4.78 is 9.81. The monoisotopic (exact) mass is 456 g/mol. The summed E-state index contributed by atoms with van der Waals surface area (Å²) in [6.07, 6.45) is 8.21. The molecule has 0 spiro atoms. The van der Waals surface area contributed by atoms with Crippen LogP contribution in [0, 0.1) is 33.5 Å². The minimum Gasteiger partial charge on any atom is -0.465 e. The SMILES string of the molecule is CCOC(=O)/C(C#N)=C(/C)CCC=C(C)C.CCOC(=O)C1(C#N)CC1(C)CCC=C(C)C. The molecule has 6 nitrogen and oxygen atoms in total. The van der Waals surface area contributed by atoms with Crippen molar-refractivity contribution in [2.45, 2.75) is 87.5 Å². The van der Waals surface area contributed by atoms with Crippen LogP contribution in [0.25, 0.3) is 0 Å². The zero-order valence-corrected chi connectivity index (χ0v) is 21.6. The van der Waals surface area contributed by atoms with Crippen molar-refractivity contribution in [3.63, 3.8) is 0 Å². The lowest BCUT2D eigenvalue weighted by atomic mass is 9.91. The number of nitriles is 2. The minimum absolute atomic E-state index is 0.143. The van der Waals surface area contributed by atoms with Crippen LogP contribution >= 0.6 is 0 Å². The van der Waals surface area contributed by atoms with Crippen molar-refractivity contribution in [1.29, 1.82) is 10.5 Å². The first kappa shape index (κ1) is 30.1. The molecule has 0 radical (unpaired) electrons. The summed E-state index contributed by atoms with van der Waals surface area (Å²) in [5, 5.41) is 18.1. The molecule has 0 aromatic heterocycles. The maximum absolute atomic E-state index is 11.8. The Morgan fingerprint density at radius 3 is 1.94 bits per heavy atom. The maximum Gasteiger partial charge on any atom is 0.348 e. The molecule has 0 bridgehead atoms. The van der Waals surface area contributed by atoms with Gasteiger partial charge in [0.15, 0.2) is 5.41 Å². The Kier molecular flexibility index (Phi) is 13.1. The molecule has 182 valence electrons. The average Bonchev–Trinajstić information content (AvgIpc) is 3.34. The van der Waals surface area contributed by atoms with Crippen LogP contribution in [-0.4, -0.2) is 25.2 Å². The lowest BCUT2D eigenvalue weighted by molar-refractivity contribution is -0.148. The van der Waals surface area contributed by atoms with Crippen LogP contribution in [0.2, 0.25) is 0 Å². The van der Waals surface area contributed by atoms with Gasteiger partial charge in [-0.3, -0.25) is 4.79 Å². The van der Waals surface area contributed by atoms with E-state index in [1.165, 1.54) is 11.1 Å². The van der Waals surface area contributed by atoms with E-state index < -0.39 is 11.4 Å². The molecule has 0 aromatic carbocycles. The summed E-state index contributed by atoms with van der Waals surface area (Å²) in [4.78, 5) is 23.2. The highest BCUT2D eigenvalue weighted by Gasteiger charge is 2.70. The molecule has 1 rings (SSSR count). The van der Waals surface area contributed by atoms with E-state index in [4.69, 9.17) is 14.7 Å². The number of hydrogen-bond donors (Lipinski definition) is 0. The third kappa shape index (κ3) is 9.26. The van der Waals surface area contributed by atoms with Gasteiger partial charge >= 0.3 is 11.9 Å². The van der Waals surface area contributed by atoms with Gasteiger partial charge in [-0.2, -0.15) is 10.5 Å². The Morgan fingerprint density at radius 2 is 1.48 bits per heavy atom. The molecule has 1 fully saturated rings. The third-order valence-corrected chi connectivity index (χ3v) is 5.71. The molecule has 2 atom stereocenters. The van der Waals surface area contributed by atoms with Crippen molar-refractivity contribution in [2.75, 3.05) is 13.2 Å². The van der Waals surface area contributed by atoms with E-state index >= 15 is 0 Å². The van der Waals surface area contributed by atoms with E-state index in [-0.39, 0.29) is 17.0 Å². The maximum atomic E-state index is 11.8. The molecule has 1 aliphatic carbocycles. The van der Waals surface area contributed by atoms with Crippen LogP contribution in [0.3, 0.4) is 0 Å². The van der Waals surface area contributed by atoms with Crippen molar-refractivity contribution in [1.82, 2.24) is 0 Å². The van der Waals surface area contributed by atoms with Crippen molar-refractivity contribution in [3.8, 4) is 12.1 Å². The molecule has 0 heterocycles. The van der Waals surface area contributed by atoms with Crippen LogP contribution < -0.4 is 0 Å². The van der Waals surface area contributed by atoms with Gasteiger partial charge in [-0.1, -0.05) is 30.2 Å². The van der Waals surface area contributed by atoms with Crippen LogP contribution in [0.4, 0.5) is 0 Å². The van der Waals surface area contributed by atoms with Crippen molar-refractivity contribution < 1.29 is 19.1 Å². The number of carbonyl (C=O) groups excluding carboxylic acids is 2. The second-order valence-corrected chi connectivity index (χ2v) is 9.10. The van der Waals surface area contributed by atoms with E-state index in [9.17, 15) is 14.9 Å². The molecule has 0 saturated heterocycles. The highest BCUT2D eigenvalue weighted by atomic mass is 16.5. The third-order valence-electron chi connectivity index (χ3n) is 5.71. The second kappa shape index (κ2) is 14.3. The lowest BCUT2D eigenvalue weighted by Crippen LogP contribution is -2.23. The minimum atomic E-state index is -0.890. The quantitative estimate of drug-likeness (QED) is 0.164. The first-order chi connectivity index (χ1) is 15.4. The Bertz CT molecular complexity index is 862. The number of ether oxygens (including phenoxy) is 2. The fourth-order valence-corrected chi connectivity index (χ4v) is 3.54. The van der Waals surface area contributed by atoms with E-state index in [0.717, 1.165) is 24.8 Å². The average molecular weight is 457 g/mol. The Morgan fingerprint density at radius 1 is 0.939 bits per heavy atom. The molecule has 1 aliphatic rings. The van der Waals surface area contributed by atoms with Crippen LogP contribution in [-0.2, 0) is 19.1 Å². The van der Waals surface area contributed by atoms with Gasteiger partial charge in [0, 0.05) is 0 Å². The van der Waals surface area contributed by atoms with Crippen molar-refractivity contribution in [3.05, 3.63) is 34.4 Å². The smallest absolute Gasteiger partial charge is 0.348 e. The van der Waals surface area contributed by atoms with Gasteiger partial charge in [0.2, 0.25) is 0 Å². The zero-order valence-electron chi connectivity index (χ0n) is 21.6. The van der Waals surface area contributed by atoms with E-state index in [2.05, 4.69) is 32.1 Å². The van der Waals surface area contributed by atoms with Gasteiger partial charge in [-0.05, 0) is 91.6 Å². The Hall–Kier alpha value is -2.86. The van der Waals surface area contributed by atoms with E-state index in [1.807, 2.05) is 26.8 Å². The van der Waals surface area contributed by atoms with E-state index in [1.54, 1.807) is 20.8 Å². The first-order valence-corrected chi connectivity index (χ1v) is 11.6. The highest BCUT2D eigenvalue weighted by Crippen LogP contribution is 2.66. The van der Waals surface area contributed by atoms with Crippen molar-refractivity contribution >= 4 is 11.9 Å². The van der Waals surface area contributed by atoms with Gasteiger partial charge < -0.3 is 9.47 Å². The first-order valence-electron chi connectivity index (χ1n) is 11.6. The number of hydrogen-bond acceptors (Lipinski definition) is 6. The lowest BCUT2D eigenvalue weighted by Gasteiger charge is -2.14. The molecule has 33 heavy (non-hydrogen) atoms. The molecule has 2 unspecified atom stereocenters. The van der Waals surface area contributed by atoms with Crippen LogP contribution in [0.5, 0.6) is 0 Å². The molecule has 0 aliphatic heterocycles. The van der Waals surface area contributed by atoms with Crippen molar-refractivity contribution in [2.24, 2.45) is 10.8 Å². The van der Waals surface area contributed by atoms with Crippen LogP contribution in [0.1, 0.15) is 87.5 Å². The summed E-state index contributed by atoms with van der Waals surface area (Å²) in [6, 6.07) is 4.08. The zero-order chi connectivity index (χ0) is 25.7. The topological polar surface area (TPSA) is 100 Å². The van der Waals surface area contributed by atoms with Crippen LogP contribution in [0.15, 0.2) is 34.4 Å². The van der Waals surface area contributed by atoms with E-state index in [0.29, 0.717) is 26.1 Å². The summed E-state index contributed by atoms with van der Waals surface area (Å²) in [7, 11) is 0. The largest absolute Gasteiger partial charge is 0.465 e. The number of allylic oxidation sites excluding steroid dienone is 5. The Balaban J connectivity index is 0.000000622. The predicted octanol–water partition coefficient (Wildman–Crippen LogP) is 6.35. The number of nitrogens with zero attached hydrogens (tertiary/aromatic N) is 2. The molecule has 6 heteroatoms.